The molecule has 1 aromatic rings. The van der Waals surface area contributed by atoms with Crippen molar-refractivity contribution in [3.05, 3.63) is 29.8 Å². The molecule has 2 N–H and O–H groups in total. The van der Waals surface area contributed by atoms with Gasteiger partial charge >= 0.3 is 0 Å². The molecule has 0 radical (unpaired) electrons. The highest BCUT2D eigenvalue weighted by atomic mass is 16.3. The molecule has 3 heteroatoms. The topological polar surface area (TPSA) is 43.7 Å². The molecule has 0 amide bonds. The van der Waals surface area contributed by atoms with Crippen LogP contribution in [-0.4, -0.2) is 29.4 Å². The van der Waals surface area contributed by atoms with E-state index < -0.39 is 6.10 Å². The Morgan fingerprint density at radius 3 is 2.50 bits per heavy atom. The number of aliphatic hydroxyl groups excluding tert-OH is 2. The number of anilines is 1. The maximum Gasteiger partial charge on any atom is 0.0761 e. The van der Waals surface area contributed by atoms with Crippen LogP contribution in [0.15, 0.2) is 24.3 Å². The Morgan fingerprint density at radius 1 is 1.17 bits per heavy atom. The summed E-state index contributed by atoms with van der Waals surface area (Å²) >= 11 is 0. The third-order valence-corrected chi connectivity index (χ3v) is 4.56. The lowest BCUT2D eigenvalue weighted by molar-refractivity contribution is 0.133. The third kappa shape index (κ3) is 2.02. The molecule has 0 spiro atoms. The predicted molar refractivity (Wildman–Crippen MR) is 71.5 cm³/mol. The zero-order chi connectivity index (χ0) is 12.7. The molecule has 2 aliphatic rings. The van der Waals surface area contributed by atoms with Crippen LogP contribution >= 0.6 is 0 Å². The van der Waals surface area contributed by atoms with Crippen LogP contribution in [0.4, 0.5) is 5.69 Å². The molecule has 0 aromatic heterocycles. The largest absolute Gasteiger partial charge is 0.393 e. The second kappa shape index (κ2) is 4.56. The van der Waals surface area contributed by atoms with E-state index in [1.807, 2.05) is 12.1 Å². The standard InChI is InChI=1S/C15H21NO2/c1-10(17)11-2-5-13(6-3-11)16-8-12-4-7-15(18)14(12)9-16/h2-3,5-6,10,12,14-15,17-18H,4,7-9H2,1H3. The lowest BCUT2D eigenvalue weighted by Crippen LogP contribution is -2.24. The first-order valence-corrected chi connectivity index (χ1v) is 6.86. The first kappa shape index (κ1) is 12.0. The van der Waals surface area contributed by atoms with Crippen molar-refractivity contribution < 1.29 is 10.2 Å². The van der Waals surface area contributed by atoms with Crippen molar-refractivity contribution in [2.75, 3.05) is 18.0 Å². The van der Waals surface area contributed by atoms with Gasteiger partial charge in [0.25, 0.3) is 0 Å². The van der Waals surface area contributed by atoms with E-state index >= 15 is 0 Å². The van der Waals surface area contributed by atoms with Crippen molar-refractivity contribution in [1.82, 2.24) is 0 Å². The van der Waals surface area contributed by atoms with Crippen molar-refractivity contribution in [3.8, 4) is 0 Å². The van der Waals surface area contributed by atoms with Crippen LogP contribution in [0.25, 0.3) is 0 Å². The second-order valence-corrected chi connectivity index (χ2v) is 5.74. The lowest BCUT2D eigenvalue weighted by Gasteiger charge is -2.21. The van der Waals surface area contributed by atoms with E-state index in [4.69, 9.17) is 0 Å². The monoisotopic (exact) mass is 247 g/mol. The minimum absolute atomic E-state index is 0.100. The van der Waals surface area contributed by atoms with E-state index in [0.717, 1.165) is 31.5 Å². The molecule has 4 atom stereocenters. The summed E-state index contributed by atoms with van der Waals surface area (Å²) < 4.78 is 0. The van der Waals surface area contributed by atoms with Crippen LogP contribution in [0.2, 0.25) is 0 Å². The summed E-state index contributed by atoms with van der Waals surface area (Å²) in [5.41, 5.74) is 2.17. The van der Waals surface area contributed by atoms with Gasteiger partial charge in [0, 0.05) is 24.7 Å². The summed E-state index contributed by atoms with van der Waals surface area (Å²) in [6.45, 7) is 3.82. The van der Waals surface area contributed by atoms with Gasteiger partial charge in [-0.15, -0.1) is 0 Å². The number of nitrogens with zero attached hydrogens (tertiary/aromatic N) is 1. The molecule has 3 nitrogen and oxygen atoms in total. The summed E-state index contributed by atoms with van der Waals surface area (Å²) in [7, 11) is 0. The maximum absolute atomic E-state index is 9.92. The highest BCUT2D eigenvalue weighted by molar-refractivity contribution is 5.49. The average Bonchev–Trinajstić information content (AvgIpc) is 2.92. The molecule has 1 saturated carbocycles. The molecule has 98 valence electrons. The number of benzene rings is 1. The number of hydrogen-bond donors (Lipinski definition) is 2. The highest BCUT2D eigenvalue weighted by Gasteiger charge is 2.41. The summed E-state index contributed by atoms with van der Waals surface area (Å²) in [5.74, 6) is 1.12. The smallest absolute Gasteiger partial charge is 0.0761 e. The van der Waals surface area contributed by atoms with Crippen LogP contribution in [0.1, 0.15) is 31.4 Å². The molecule has 2 fully saturated rings. The molecule has 1 heterocycles. The fourth-order valence-electron chi connectivity index (χ4n) is 3.41. The minimum atomic E-state index is -0.404. The average molecular weight is 247 g/mol. The molecule has 3 rings (SSSR count). The Bertz CT molecular complexity index is 415. The number of rotatable bonds is 2. The van der Waals surface area contributed by atoms with Gasteiger partial charge in [0.05, 0.1) is 12.2 Å². The Labute approximate surface area is 108 Å². The van der Waals surface area contributed by atoms with Gasteiger partial charge < -0.3 is 15.1 Å². The Balaban J connectivity index is 1.73. The van der Waals surface area contributed by atoms with Gasteiger partial charge in [-0.2, -0.15) is 0 Å². The summed E-state index contributed by atoms with van der Waals surface area (Å²) in [4.78, 5) is 2.36. The quantitative estimate of drug-likeness (QED) is 0.839. The lowest BCUT2D eigenvalue weighted by atomic mass is 10.00. The molecule has 4 unspecified atom stereocenters. The third-order valence-electron chi connectivity index (χ3n) is 4.56. The van der Waals surface area contributed by atoms with Gasteiger partial charge in [-0.1, -0.05) is 12.1 Å². The molecule has 1 saturated heterocycles. The molecular weight excluding hydrogens is 226 g/mol. The molecular formula is C15H21NO2. The first-order valence-electron chi connectivity index (χ1n) is 6.86. The van der Waals surface area contributed by atoms with Gasteiger partial charge in [0.15, 0.2) is 0 Å². The molecule has 18 heavy (non-hydrogen) atoms. The Hall–Kier alpha value is -1.06. The predicted octanol–water partition coefficient (Wildman–Crippen LogP) is 1.95. The number of fused-ring (bicyclic) bond motifs is 1. The molecule has 1 aliphatic heterocycles. The second-order valence-electron chi connectivity index (χ2n) is 5.74. The van der Waals surface area contributed by atoms with Crippen molar-refractivity contribution in [2.45, 2.75) is 32.0 Å². The maximum atomic E-state index is 9.92. The van der Waals surface area contributed by atoms with Gasteiger partial charge in [-0.3, -0.25) is 0 Å². The van der Waals surface area contributed by atoms with E-state index in [9.17, 15) is 10.2 Å². The van der Waals surface area contributed by atoms with Gasteiger partial charge in [0.2, 0.25) is 0 Å². The highest BCUT2D eigenvalue weighted by Crippen LogP contribution is 2.39. The van der Waals surface area contributed by atoms with Crippen molar-refractivity contribution in [1.29, 1.82) is 0 Å². The molecule has 1 aliphatic carbocycles. The van der Waals surface area contributed by atoms with Crippen molar-refractivity contribution >= 4 is 5.69 Å². The zero-order valence-electron chi connectivity index (χ0n) is 10.8. The van der Waals surface area contributed by atoms with Crippen LogP contribution < -0.4 is 4.90 Å². The molecule has 0 bridgehead atoms. The zero-order valence-corrected chi connectivity index (χ0v) is 10.8. The van der Waals surface area contributed by atoms with Gasteiger partial charge in [-0.05, 0) is 43.4 Å². The van der Waals surface area contributed by atoms with Crippen LogP contribution in [0.5, 0.6) is 0 Å². The van der Waals surface area contributed by atoms with E-state index in [2.05, 4.69) is 17.0 Å². The van der Waals surface area contributed by atoms with E-state index in [-0.39, 0.29) is 6.10 Å². The fraction of sp³-hybridized carbons (Fsp3) is 0.600. The fourth-order valence-corrected chi connectivity index (χ4v) is 3.41. The minimum Gasteiger partial charge on any atom is -0.393 e. The van der Waals surface area contributed by atoms with Crippen molar-refractivity contribution in [3.63, 3.8) is 0 Å². The van der Waals surface area contributed by atoms with Gasteiger partial charge in [-0.25, -0.2) is 0 Å². The Kier molecular flexibility index (Phi) is 3.04. The normalized spacial score (nSPS) is 32.6. The van der Waals surface area contributed by atoms with Crippen LogP contribution in [0.3, 0.4) is 0 Å². The van der Waals surface area contributed by atoms with E-state index in [1.54, 1.807) is 6.92 Å². The van der Waals surface area contributed by atoms with Gasteiger partial charge in [0.1, 0.15) is 0 Å². The Morgan fingerprint density at radius 2 is 1.89 bits per heavy atom. The molecule has 1 aromatic carbocycles. The van der Waals surface area contributed by atoms with Crippen LogP contribution in [-0.2, 0) is 0 Å². The first-order chi connectivity index (χ1) is 8.65. The SMILES string of the molecule is CC(O)c1ccc(N2CC3CCC(O)C3C2)cc1. The number of hydrogen-bond acceptors (Lipinski definition) is 3. The van der Waals surface area contributed by atoms with Crippen molar-refractivity contribution in [2.24, 2.45) is 11.8 Å². The summed E-state index contributed by atoms with van der Waals surface area (Å²) in [6.07, 6.45) is 1.63. The van der Waals surface area contributed by atoms with Crippen LogP contribution in [0, 0.1) is 11.8 Å². The summed E-state index contributed by atoms with van der Waals surface area (Å²) in [6, 6.07) is 8.14. The number of aliphatic hydroxyl groups is 2. The summed E-state index contributed by atoms with van der Waals surface area (Å²) in [5, 5.41) is 19.4. The van der Waals surface area contributed by atoms with E-state index in [1.165, 1.54) is 5.69 Å². The van der Waals surface area contributed by atoms with E-state index in [0.29, 0.717) is 11.8 Å².